The van der Waals surface area contributed by atoms with Crippen LogP contribution in [-0.4, -0.2) is 25.6 Å². The lowest BCUT2D eigenvalue weighted by molar-refractivity contribution is 0.739. The Morgan fingerprint density at radius 3 is 2.58 bits per heavy atom. The van der Waals surface area contributed by atoms with E-state index in [9.17, 15) is 4.79 Å². The lowest BCUT2D eigenvalue weighted by Crippen LogP contribution is -2.28. The highest BCUT2D eigenvalue weighted by atomic mass is 35.5. The standard InChI is InChI=1S/C22H17Cl2N5OS/c1-11-7-13-5-3-4-6-17(13)28(11)22-26-19-18(20(30)27-22)21(31)29(12(2)25-19)16-9-14(23)8-15(24)10-16/h3-6,8-11H,7H2,1-2H3,(H,26,27,30)/t11-/m1/s1. The predicted molar refractivity (Wildman–Crippen MR) is 127 cm³/mol. The van der Waals surface area contributed by atoms with Crippen LogP contribution < -0.4 is 10.5 Å². The van der Waals surface area contributed by atoms with Crippen molar-refractivity contribution in [2.45, 2.75) is 26.3 Å². The van der Waals surface area contributed by atoms with E-state index >= 15 is 0 Å². The Morgan fingerprint density at radius 1 is 1.13 bits per heavy atom. The summed E-state index contributed by atoms with van der Waals surface area (Å²) < 4.78 is 1.98. The molecular formula is C22H17Cl2N5OS. The Bertz CT molecular complexity index is 1460. The summed E-state index contributed by atoms with van der Waals surface area (Å²) >= 11 is 18.0. The molecule has 6 nitrogen and oxygen atoms in total. The average Bonchev–Trinajstić information content (AvgIpc) is 3.02. The van der Waals surface area contributed by atoms with Gasteiger partial charge in [0.25, 0.3) is 5.56 Å². The van der Waals surface area contributed by atoms with Gasteiger partial charge in [-0.2, -0.15) is 4.98 Å². The summed E-state index contributed by atoms with van der Waals surface area (Å²) in [4.78, 5) is 27.4. The van der Waals surface area contributed by atoms with Crippen LogP contribution in [0, 0.1) is 11.6 Å². The number of hydrogen-bond donors (Lipinski definition) is 1. The molecule has 1 N–H and O–H groups in total. The topological polar surface area (TPSA) is 66.8 Å². The molecule has 0 bridgehead atoms. The summed E-state index contributed by atoms with van der Waals surface area (Å²) in [5.41, 5.74) is 2.86. The lowest BCUT2D eigenvalue weighted by atomic mass is 10.1. The minimum Gasteiger partial charge on any atom is -0.309 e. The largest absolute Gasteiger partial charge is 0.309 e. The molecule has 1 aliphatic rings. The maximum atomic E-state index is 13.1. The van der Waals surface area contributed by atoms with E-state index in [1.807, 2.05) is 23.1 Å². The van der Waals surface area contributed by atoms with E-state index in [0.717, 1.165) is 12.1 Å². The fourth-order valence-corrected chi connectivity index (χ4v) is 5.10. The van der Waals surface area contributed by atoms with Gasteiger partial charge in [-0.25, -0.2) is 4.98 Å². The number of aromatic nitrogens is 4. The van der Waals surface area contributed by atoms with Crippen molar-refractivity contribution in [2.24, 2.45) is 0 Å². The summed E-state index contributed by atoms with van der Waals surface area (Å²) in [5, 5.41) is 1.18. The van der Waals surface area contributed by atoms with E-state index in [2.05, 4.69) is 27.9 Å². The van der Waals surface area contributed by atoms with Gasteiger partial charge in [0, 0.05) is 21.8 Å². The monoisotopic (exact) mass is 469 g/mol. The number of halogens is 2. The molecule has 1 aliphatic heterocycles. The summed E-state index contributed by atoms with van der Waals surface area (Å²) in [6.45, 7) is 3.91. The Kier molecular flexibility index (Phi) is 4.84. The molecule has 2 aromatic heterocycles. The number of hydrogen-bond acceptors (Lipinski definition) is 5. The van der Waals surface area contributed by atoms with Crippen LogP contribution in [-0.2, 0) is 6.42 Å². The Balaban J connectivity index is 1.73. The number of aryl methyl sites for hydroxylation is 1. The molecule has 5 rings (SSSR count). The lowest BCUT2D eigenvalue weighted by Gasteiger charge is -2.23. The molecule has 0 saturated carbocycles. The molecule has 3 heterocycles. The SMILES string of the molecule is Cc1nc2nc(N3c4ccccc4C[C@H]3C)[nH]c(=O)c2c(=S)n1-c1cc(Cl)cc(Cl)c1. The van der Waals surface area contributed by atoms with Gasteiger partial charge in [0.15, 0.2) is 5.65 Å². The van der Waals surface area contributed by atoms with E-state index in [4.69, 9.17) is 35.4 Å². The summed E-state index contributed by atoms with van der Waals surface area (Å²) in [5.74, 6) is 1.04. The highest BCUT2D eigenvalue weighted by molar-refractivity contribution is 7.71. The zero-order valence-corrected chi connectivity index (χ0v) is 19.0. The Morgan fingerprint density at radius 2 is 1.84 bits per heavy atom. The first kappa shape index (κ1) is 20.2. The molecule has 0 spiro atoms. The smallest absolute Gasteiger partial charge is 0.264 e. The first-order chi connectivity index (χ1) is 14.8. The van der Waals surface area contributed by atoms with Gasteiger partial charge in [0.05, 0.1) is 5.69 Å². The van der Waals surface area contributed by atoms with Gasteiger partial charge >= 0.3 is 0 Å². The zero-order valence-electron chi connectivity index (χ0n) is 16.7. The molecular weight excluding hydrogens is 453 g/mol. The molecule has 156 valence electrons. The van der Waals surface area contributed by atoms with Crippen LogP contribution >= 0.6 is 35.4 Å². The van der Waals surface area contributed by atoms with Crippen molar-refractivity contribution >= 4 is 58.1 Å². The van der Waals surface area contributed by atoms with Gasteiger partial charge in [-0.15, -0.1) is 0 Å². The van der Waals surface area contributed by atoms with E-state index < -0.39 is 0 Å². The van der Waals surface area contributed by atoms with E-state index in [0.29, 0.717) is 37.8 Å². The van der Waals surface area contributed by atoms with E-state index in [1.165, 1.54) is 5.56 Å². The number of para-hydroxylation sites is 1. The number of rotatable bonds is 2. The number of nitrogens with zero attached hydrogens (tertiary/aromatic N) is 4. The molecule has 1 atom stereocenters. The van der Waals surface area contributed by atoms with Crippen molar-refractivity contribution in [3.8, 4) is 5.69 Å². The predicted octanol–water partition coefficient (Wildman–Crippen LogP) is 5.54. The maximum absolute atomic E-state index is 13.1. The molecule has 9 heteroatoms. The maximum Gasteiger partial charge on any atom is 0.264 e. The second-order valence-electron chi connectivity index (χ2n) is 7.57. The second kappa shape index (κ2) is 7.44. The molecule has 0 radical (unpaired) electrons. The van der Waals surface area contributed by atoms with Gasteiger partial charge in [0.1, 0.15) is 15.9 Å². The van der Waals surface area contributed by atoms with Crippen molar-refractivity contribution in [1.82, 2.24) is 19.5 Å². The van der Waals surface area contributed by atoms with Crippen LogP contribution in [0.3, 0.4) is 0 Å². The van der Waals surface area contributed by atoms with E-state index in [1.54, 1.807) is 29.7 Å². The van der Waals surface area contributed by atoms with Crippen LogP contribution in [0.5, 0.6) is 0 Å². The average molecular weight is 470 g/mol. The highest BCUT2D eigenvalue weighted by Gasteiger charge is 2.29. The third-order valence-electron chi connectivity index (χ3n) is 5.44. The fraction of sp³-hybridized carbons (Fsp3) is 0.182. The minimum atomic E-state index is -0.337. The second-order valence-corrected chi connectivity index (χ2v) is 8.83. The number of fused-ring (bicyclic) bond motifs is 2. The number of anilines is 2. The number of H-pyrrole nitrogens is 1. The molecule has 2 aromatic carbocycles. The zero-order chi connectivity index (χ0) is 21.9. The molecule has 0 unspecified atom stereocenters. The number of benzene rings is 2. The van der Waals surface area contributed by atoms with Gasteiger partial charge < -0.3 is 4.90 Å². The van der Waals surface area contributed by atoms with E-state index in [-0.39, 0.29) is 17.0 Å². The van der Waals surface area contributed by atoms with Gasteiger partial charge in [-0.05, 0) is 50.1 Å². The van der Waals surface area contributed by atoms with Crippen LogP contribution in [0.2, 0.25) is 10.0 Å². The number of nitrogens with one attached hydrogen (secondary N) is 1. The van der Waals surface area contributed by atoms with Crippen molar-refractivity contribution in [2.75, 3.05) is 4.90 Å². The minimum absolute atomic E-state index is 0.157. The van der Waals surface area contributed by atoms with Gasteiger partial charge in [-0.3, -0.25) is 14.3 Å². The normalized spacial score (nSPS) is 15.5. The van der Waals surface area contributed by atoms with Crippen molar-refractivity contribution in [3.63, 3.8) is 0 Å². The molecule has 31 heavy (non-hydrogen) atoms. The Labute approximate surface area is 193 Å². The van der Waals surface area contributed by atoms with Crippen molar-refractivity contribution < 1.29 is 0 Å². The van der Waals surface area contributed by atoms with Gasteiger partial charge in [0.2, 0.25) is 5.95 Å². The van der Waals surface area contributed by atoms with Crippen LogP contribution in [0.1, 0.15) is 18.3 Å². The molecule has 0 saturated heterocycles. The first-order valence-electron chi connectivity index (χ1n) is 9.71. The van der Waals surface area contributed by atoms with Crippen molar-refractivity contribution in [3.05, 3.63) is 78.9 Å². The number of aromatic amines is 1. The van der Waals surface area contributed by atoms with Crippen molar-refractivity contribution in [1.29, 1.82) is 0 Å². The summed E-state index contributed by atoms with van der Waals surface area (Å²) in [6.07, 6.45) is 0.876. The molecule has 0 aliphatic carbocycles. The highest BCUT2D eigenvalue weighted by Crippen LogP contribution is 2.36. The summed E-state index contributed by atoms with van der Waals surface area (Å²) in [6, 6.07) is 13.4. The molecule has 0 amide bonds. The van der Waals surface area contributed by atoms with Crippen LogP contribution in [0.25, 0.3) is 16.7 Å². The fourth-order valence-electron chi connectivity index (χ4n) is 4.16. The van der Waals surface area contributed by atoms with Gasteiger partial charge in [-0.1, -0.05) is 53.6 Å². The first-order valence-corrected chi connectivity index (χ1v) is 10.9. The molecule has 4 aromatic rings. The molecule has 0 fully saturated rings. The Hall–Kier alpha value is -2.74. The summed E-state index contributed by atoms with van der Waals surface area (Å²) in [7, 11) is 0. The third-order valence-corrected chi connectivity index (χ3v) is 6.26. The quantitative estimate of drug-likeness (QED) is 0.390. The van der Waals surface area contributed by atoms with Crippen LogP contribution in [0.15, 0.2) is 47.3 Å². The third kappa shape index (κ3) is 3.33. The van der Waals surface area contributed by atoms with Crippen LogP contribution in [0.4, 0.5) is 11.6 Å².